The van der Waals surface area contributed by atoms with Crippen LogP contribution < -0.4 is 0 Å². The van der Waals surface area contributed by atoms with E-state index in [4.69, 9.17) is 6.42 Å². The predicted molar refractivity (Wildman–Crippen MR) is 133 cm³/mol. The van der Waals surface area contributed by atoms with Gasteiger partial charge in [-0.3, -0.25) is 0 Å². The Morgan fingerprint density at radius 2 is 1.69 bits per heavy atom. The number of hydrogen-bond acceptors (Lipinski definition) is 2. The van der Waals surface area contributed by atoms with Gasteiger partial charge in [-0.15, -0.1) is 29.8 Å². The van der Waals surface area contributed by atoms with Crippen LogP contribution in [-0.4, -0.2) is 17.5 Å². The van der Waals surface area contributed by atoms with Gasteiger partial charge in [-0.1, -0.05) is 72.8 Å². The molecule has 2 heteroatoms. The fraction of sp³-hybridized carbons (Fsp3) is 0.815. The van der Waals surface area contributed by atoms with Crippen LogP contribution in [0.4, 0.5) is 0 Å². The zero-order valence-corrected chi connectivity index (χ0v) is 20.7. The number of aliphatic hydroxyl groups is 1. The Kier molecular flexibility index (Phi) is 17.8. The Labute approximate surface area is 187 Å². The standard InChI is InChI=1S/C27H48OS/c1-7-11-12-13-14-15-16-25(23-28)18-17-24(8-2)19-21-27(5,6)22-20-26(9-3)29-10-4/h2,24-25,28H,3,7,10-23H2,1,4-6H3. The van der Waals surface area contributed by atoms with Crippen molar-refractivity contribution in [2.45, 2.75) is 111 Å². The molecule has 2 atom stereocenters. The lowest BCUT2D eigenvalue weighted by Gasteiger charge is -2.26. The minimum atomic E-state index is 0.292. The van der Waals surface area contributed by atoms with Crippen LogP contribution in [0.15, 0.2) is 17.2 Å². The fourth-order valence-electron chi connectivity index (χ4n) is 3.82. The zero-order valence-electron chi connectivity index (χ0n) is 19.9. The monoisotopic (exact) mass is 420 g/mol. The first-order valence-corrected chi connectivity index (χ1v) is 13.0. The van der Waals surface area contributed by atoms with Gasteiger partial charge in [0.05, 0.1) is 0 Å². The van der Waals surface area contributed by atoms with E-state index in [0.717, 1.165) is 50.7 Å². The molecule has 29 heavy (non-hydrogen) atoms. The Hall–Kier alpha value is -0.610. The van der Waals surface area contributed by atoms with Gasteiger partial charge in [0.1, 0.15) is 0 Å². The lowest BCUT2D eigenvalue weighted by atomic mass is 9.79. The third kappa shape index (κ3) is 15.8. The normalized spacial score (nSPS) is 13.5. The summed E-state index contributed by atoms with van der Waals surface area (Å²) in [6.07, 6.45) is 21.5. The number of aliphatic hydroxyl groups excluding tert-OH is 1. The van der Waals surface area contributed by atoms with Crippen molar-refractivity contribution in [2.24, 2.45) is 17.3 Å². The molecule has 0 heterocycles. The third-order valence-corrected chi connectivity index (χ3v) is 7.08. The summed E-state index contributed by atoms with van der Waals surface area (Å²) in [6, 6.07) is 0. The summed E-state index contributed by atoms with van der Waals surface area (Å²) in [7, 11) is 0. The molecule has 0 radical (unpaired) electrons. The van der Waals surface area contributed by atoms with Gasteiger partial charge in [-0.2, -0.15) is 0 Å². The Morgan fingerprint density at radius 3 is 2.28 bits per heavy atom. The van der Waals surface area contributed by atoms with Gasteiger partial charge >= 0.3 is 0 Å². The van der Waals surface area contributed by atoms with Crippen LogP contribution in [0.3, 0.4) is 0 Å². The molecule has 0 aliphatic heterocycles. The van der Waals surface area contributed by atoms with E-state index < -0.39 is 0 Å². The molecule has 0 aromatic heterocycles. The van der Waals surface area contributed by atoms with E-state index >= 15 is 0 Å². The van der Waals surface area contributed by atoms with Crippen molar-refractivity contribution in [3.8, 4) is 12.3 Å². The molecule has 0 aromatic carbocycles. The van der Waals surface area contributed by atoms with E-state index in [0.29, 0.717) is 23.9 Å². The molecular weight excluding hydrogens is 372 g/mol. The van der Waals surface area contributed by atoms with Gasteiger partial charge in [0.15, 0.2) is 0 Å². The highest BCUT2D eigenvalue weighted by Crippen LogP contribution is 2.34. The summed E-state index contributed by atoms with van der Waals surface area (Å²) in [4.78, 5) is 1.29. The van der Waals surface area contributed by atoms with Crippen LogP contribution in [0.1, 0.15) is 111 Å². The second kappa shape index (κ2) is 18.2. The SMILES string of the molecule is C#CC(CCC(CO)CCCCCCCC)CCC(C)(C)CCC(=C=C)SCC. The Bertz CT molecular complexity index is 481. The van der Waals surface area contributed by atoms with E-state index in [1.54, 1.807) is 0 Å². The van der Waals surface area contributed by atoms with Gasteiger partial charge in [0, 0.05) is 17.4 Å². The lowest BCUT2D eigenvalue weighted by molar-refractivity contribution is 0.198. The van der Waals surface area contributed by atoms with Gasteiger partial charge in [-0.05, 0) is 62.0 Å². The molecule has 1 N–H and O–H groups in total. The minimum Gasteiger partial charge on any atom is -0.396 e. The average Bonchev–Trinajstić information content (AvgIpc) is 2.71. The summed E-state index contributed by atoms with van der Waals surface area (Å²) in [5.74, 6) is 4.88. The fourth-order valence-corrected chi connectivity index (χ4v) is 4.51. The van der Waals surface area contributed by atoms with Crippen molar-refractivity contribution in [1.29, 1.82) is 0 Å². The van der Waals surface area contributed by atoms with Crippen molar-refractivity contribution < 1.29 is 5.11 Å². The molecule has 0 saturated carbocycles. The number of hydrogen-bond donors (Lipinski definition) is 1. The smallest absolute Gasteiger partial charge is 0.0459 e. The molecular formula is C27H48OS. The second-order valence-electron chi connectivity index (χ2n) is 9.28. The average molecular weight is 421 g/mol. The van der Waals surface area contributed by atoms with Crippen LogP contribution in [0.25, 0.3) is 0 Å². The van der Waals surface area contributed by atoms with E-state index in [9.17, 15) is 5.11 Å². The van der Waals surface area contributed by atoms with Crippen molar-refractivity contribution in [2.75, 3.05) is 12.4 Å². The van der Waals surface area contributed by atoms with E-state index in [2.05, 4.69) is 45.9 Å². The van der Waals surface area contributed by atoms with Crippen molar-refractivity contribution in [3.63, 3.8) is 0 Å². The first-order valence-electron chi connectivity index (χ1n) is 12.0. The molecule has 2 unspecified atom stereocenters. The second-order valence-corrected chi connectivity index (χ2v) is 10.6. The van der Waals surface area contributed by atoms with E-state index in [-0.39, 0.29) is 0 Å². The summed E-state index contributed by atoms with van der Waals surface area (Å²) in [5.41, 5.74) is 3.39. The highest BCUT2D eigenvalue weighted by molar-refractivity contribution is 8.03. The molecule has 0 amide bonds. The molecule has 1 nitrogen and oxygen atoms in total. The Morgan fingerprint density at radius 1 is 1.00 bits per heavy atom. The molecule has 168 valence electrons. The maximum atomic E-state index is 9.73. The first kappa shape index (κ1) is 28.4. The van der Waals surface area contributed by atoms with Crippen LogP contribution in [0, 0.1) is 29.6 Å². The molecule has 0 rings (SSSR count). The number of thioether (sulfide) groups is 1. The number of unbranched alkanes of at least 4 members (excludes halogenated alkanes) is 5. The number of allylic oxidation sites excluding steroid dienone is 1. The van der Waals surface area contributed by atoms with E-state index in [1.165, 1.54) is 43.4 Å². The summed E-state index contributed by atoms with van der Waals surface area (Å²) < 4.78 is 0. The minimum absolute atomic E-state index is 0.292. The summed E-state index contributed by atoms with van der Waals surface area (Å²) in [6.45, 7) is 13.3. The van der Waals surface area contributed by atoms with Crippen LogP contribution in [0.5, 0.6) is 0 Å². The largest absolute Gasteiger partial charge is 0.396 e. The number of rotatable bonds is 19. The topological polar surface area (TPSA) is 20.2 Å². The van der Waals surface area contributed by atoms with Crippen molar-refractivity contribution in [1.82, 2.24) is 0 Å². The van der Waals surface area contributed by atoms with E-state index in [1.807, 2.05) is 11.8 Å². The van der Waals surface area contributed by atoms with Crippen LogP contribution in [0.2, 0.25) is 0 Å². The van der Waals surface area contributed by atoms with Gasteiger partial charge < -0.3 is 5.11 Å². The molecule has 0 spiro atoms. The molecule has 0 aromatic rings. The van der Waals surface area contributed by atoms with Crippen LogP contribution in [-0.2, 0) is 0 Å². The summed E-state index contributed by atoms with van der Waals surface area (Å²) >= 11 is 1.86. The Balaban J connectivity index is 4.20. The zero-order chi connectivity index (χ0) is 22.0. The van der Waals surface area contributed by atoms with Crippen LogP contribution >= 0.6 is 11.8 Å². The predicted octanol–water partition coefficient (Wildman–Crippen LogP) is 8.38. The maximum absolute atomic E-state index is 9.73. The molecule has 0 saturated heterocycles. The molecule has 0 aliphatic carbocycles. The molecule has 0 fully saturated rings. The maximum Gasteiger partial charge on any atom is 0.0459 e. The number of terminal acetylenes is 1. The van der Waals surface area contributed by atoms with Crippen molar-refractivity contribution in [3.05, 3.63) is 17.2 Å². The first-order chi connectivity index (χ1) is 13.9. The third-order valence-electron chi connectivity index (χ3n) is 6.10. The van der Waals surface area contributed by atoms with Crippen molar-refractivity contribution >= 4 is 11.8 Å². The molecule has 0 bridgehead atoms. The highest BCUT2D eigenvalue weighted by Gasteiger charge is 2.21. The quantitative estimate of drug-likeness (QED) is 0.129. The summed E-state index contributed by atoms with van der Waals surface area (Å²) in [5, 5.41) is 9.73. The van der Waals surface area contributed by atoms with Gasteiger partial charge in [-0.25, -0.2) is 0 Å². The van der Waals surface area contributed by atoms with Gasteiger partial charge in [0.2, 0.25) is 0 Å². The van der Waals surface area contributed by atoms with Gasteiger partial charge in [0.25, 0.3) is 0 Å². The molecule has 0 aliphatic rings. The lowest BCUT2D eigenvalue weighted by Crippen LogP contribution is -2.15. The highest BCUT2D eigenvalue weighted by atomic mass is 32.2.